The fourth-order valence-corrected chi connectivity index (χ4v) is 3.06. The van der Waals surface area contributed by atoms with Crippen LogP contribution in [-0.2, 0) is 11.8 Å². The largest absolute Gasteiger partial charge is 0.345 e. The molecule has 0 bridgehead atoms. The molecular formula is C20H20ClFN4O3. The number of ketones is 1. The maximum absolute atomic E-state index is 13.5. The van der Waals surface area contributed by atoms with E-state index in [1.54, 1.807) is 20.8 Å². The highest BCUT2D eigenvalue weighted by molar-refractivity contribution is 6.44. The number of anilines is 1. The summed E-state index contributed by atoms with van der Waals surface area (Å²) in [5.41, 5.74) is -0.429. The summed E-state index contributed by atoms with van der Waals surface area (Å²) in [7, 11) is 1.47. The first-order valence-corrected chi connectivity index (χ1v) is 8.95. The molecule has 0 saturated carbocycles. The van der Waals surface area contributed by atoms with Crippen molar-refractivity contribution < 1.29 is 18.8 Å². The van der Waals surface area contributed by atoms with Gasteiger partial charge in [-0.3, -0.25) is 14.4 Å². The van der Waals surface area contributed by atoms with Gasteiger partial charge >= 0.3 is 0 Å². The first-order chi connectivity index (χ1) is 13.4. The van der Waals surface area contributed by atoms with Crippen LogP contribution in [0.3, 0.4) is 0 Å². The highest BCUT2D eigenvalue weighted by Crippen LogP contribution is 2.29. The molecular weight excluding hydrogens is 399 g/mol. The van der Waals surface area contributed by atoms with Crippen molar-refractivity contribution in [1.29, 1.82) is 0 Å². The molecule has 0 aliphatic heterocycles. The summed E-state index contributed by atoms with van der Waals surface area (Å²) in [6.07, 6.45) is 0. The predicted molar refractivity (Wildman–Crippen MR) is 108 cm³/mol. The molecule has 0 aliphatic rings. The van der Waals surface area contributed by atoms with Gasteiger partial charge in [-0.25, -0.2) is 9.24 Å². The third-order valence-corrected chi connectivity index (χ3v) is 4.47. The van der Waals surface area contributed by atoms with Crippen LogP contribution in [0.15, 0.2) is 18.2 Å². The van der Waals surface area contributed by atoms with E-state index in [4.69, 9.17) is 18.2 Å². The average Bonchev–Trinajstić information content (AvgIpc) is 2.83. The van der Waals surface area contributed by atoms with Crippen LogP contribution >= 0.6 is 11.6 Å². The number of aromatic nitrogens is 1. The minimum Gasteiger partial charge on any atom is -0.345 e. The number of benzene rings is 1. The molecule has 1 aromatic heterocycles. The maximum Gasteiger partial charge on any atom is 0.294 e. The smallest absolute Gasteiger partial charge is 0.294 e. The van der Waals surface area contributed by atoms with E-state index in [-0.39, 0.29) is 33.3 Å². The summed E-state index contributed by atoms with van der Waals surface area (Å²) in [6.45, 7) is 13.7. The van der Waals surface area contributed by atoms with Gasteiger partial charge in [0.25, 0.3) is 17.6 Å². The van der Waals surface area contributed by atoms with Crippen molar-refractivity contribution in [2.75, 3.05) is 5.32 Å². The van der Waals surface area contributed by atoms with Crippen molar-refractivity contribution in [3.05, 3.63) is 57.4 Å². The van der Waals surface area contributed by atoms with Crippen LogP contribution in [0.5, 0.6) is 0 Å². The molecule has 9 heteroatoms. The van der Waals surface area contributed by atoms with E-state index in [2.05, 4.69) is 15.5 Å². The molecule has 2 amide bonds. The number of nitrogens with zero attached hydrogens (tertiary/aromatic N) is 2. The number of amides is 2. The molecule has 2 N–H and O–H groups in total. The molecule has 1 aromatic carbocycles. The van der Waals surface area contributed by atoms with Crippen molar-refractivity contribution in [2.24, 2.45) is 7.05 Å². The first-order valence-electron chi connectivity index (χ1n) is 8.57. The van der Waals surface area contributed by atoms with E-state index >= 15 is 0 Å². The molecule has 2 rings (SSSR count). The zero-order chi connectivity index (χ0) is 22.1. The zero-order valence-corrected chi connectivity index (χ0v) is 17.4. The highest BCUT2D eigenvalue weighted by Gasteiger charge is 2.30. The van der Waals surface area contributed by atoms with Crippen molar-refractivity contribution >= 4 is 40.6 Å². The lowest BCUT2D eigenvalue weighted by atomic mass is 10.1. The van der Waals surface area contributed by atoms with Crippen LogP contribution in [0.4, 0.5) is 15.8 Å². The van der Waals surface area contributed by atoms with E-state index < -0.39 is 29.0 Å². The molecule has 152 valence electrons. The van der Waals surface area contributed by atoms with Crippen LogP contribution in [0.2, 0.25) is 5.15 Å². The van der Waals surface area contributed by atoms with Gasteiger partial charge in [-0.05, 0) is 51.5 Å². The maximum atomic E-state index is 13.5. The van der Waals surface area contributed by atoms with Crippen LogP contribution in [0.25, 0.3) is 4.85 Å². The second-order valence-electron chi connectivity index (χ2n) is 7.46. The summed E-state index contributed by atoms with van der Waals surface area (Å²) in [6, 6.07) is 3.56. The lowest BCUT2D eigenvalue weighted by molar-refractivity contribution is -0.118. The number of Topliss-reactive ketones (excluding diaryl/α,β-unsaturated/α-hetero) is 1. The number of hydrogen-bond donors (Lipinski definition) is 2. The van der Waals surface area contributed by atoms with Gasteiger partial charge in [-0.15, -0.1) is 0 Å². The van der Waals surface area contributed by atoms with E-state index in [0.717, 1.165) is 6.07 Å². The molecule has 0 atom stereocenters. The molecule has 29 heavy (non-hydrogen) atoms. The number of carbonyl (C=O) groups excluding carboxylic acids is 3. The topological polar surface area (TPSA) is 84.6 Å². The van der Waals surface area contributed by atoms with Gasteiger partial charge in [-0.2, -0.15) is 0 Å². The Balaban J connectivity index is 2.39. The third kappa shape index (κ3) is 4.63. The molecule has 2 aromatic rings. The summed E-state index contributed by atoms with van der Waals surface area (Å²) in [5.74, 6) is -2.99. The number of hydrogen-bond acceptors (Lipinski definition) is 3. The minimum atomic E-state index is -0.821. The Morgan fingerprint density at radius 2 is 1.86 bits per heavy atom. The lowest BCUT2D eigenvalue weighted by Crippen LogP contribution is -2.44. The van der Waals surface area contributed by atoms with E-state index in [1.807, 2.05) is 0 Å². The summed E-state index contributed by atoms with van der Waals surface area (Å²) < 4.78 is 14.7. The fourth-order valence-electron chi connectivity index (χ4n) is 2.75. The Kier molecular flexibility index (Phi) is 6.14. The fraction of sp³-hybridized carbons (Fsp3) is 0.300. The van der Waals surface area contributed by atoms with Crippen molar-refractivity contribution in [3.63, 3.8) is 0 Å². The zero-order valence-electron chi connectivity index (χ0n) is 16.6. The quantitative estimate of drug-likeness (QED) is 0.446. The van der Waals surface area contributed by atoms with Crippen molar-refractivity contribution in [1.82, 2.24) is 9.88 Å². The summed E-state index contributed by atoms with van der Waals surface area (Å²) >= 11 is 6.26. The summed E-state index contributed by atoms with van der Waals surface area (Å²) in [5, 5.41) is 5.08. The molecule has 0 saturated heterocycles. The minimum absolute atomic E-state index is 0.00904. The van der Waals surface area contributed by atoms with Crippen LogP contribution in [-0.4, -0.2) is 27.7 Å². The Morgan fingerprint density at radius 3 is 2.41 bits per heavy atom. The molecule has 0 unspecified atom stereocenters. The van der Waals surface area contributed by atoms with Crippen LogP contribution in [0.1, 0.15) is 47.2 Å². The van der Waals surface area contributed by atoms with Gasteiger partial charge in [0, 0.05) is 18.3 Å². The van der Waals surface area contributed by atoms with E-state index in [0.29, 0.717) is 0 Å². The summed E-state index contributed by atoms with van der Waals surface area (Å²) in [4.78, 5) is 40.7. The van der Waals surface area contributed by atoms with E-state index in [1.165, 1.54) is 30.7 Å². The van der Waals surface area contributed by atoms with Crippen LogP contribution in [0, 0.1) is 19.3 Å². The van der Waals surface area contributed by atoms with Gasteiger partial charge in [-0.1, -0.05) is 11.6 Å². The second-order valence-corrected chi connectivity index (χ2v) is 7.82. The molecule has 0 spiro atoms. The standard InChI is InChI=1S/C20H20ClFN4O3/c1-10-14(18(28)24-11-7-8-12(22)13(9-11)23-5)17(21)26(6)15(10)16(27)19(29)25-20(2,3)4/h7-9H,1-4,6H3,(H,24,28)(H,25,29). The first kappa shape index (κ1) is 22.1. The van der Waals surface area contributed by atoms with Gasteiger partial charge in [0.2, 0.25) is 5.69 Å². The number of halogens is 2. The average molecular weight is 419 g/mol. The Bertz CT molecular complexity index is 1060. The van der Waals surface area contributed by atoms with Crippen LogP contribution < -0.4 is 10.6 Å². The highest BCUT2D eigenvalue weighted by atomic mass is 35.5. The molecule has 0 fully saturated rings. The van der Waals surface area contributed by atoms with E-state index in [9.17, 15) is 18.8 Å². The Morgan fingerprint density at radius 1 is 1.24 bits per heavy atom. The normalized spacial score (nSPS) is 11.0. The molecule has 7 nitrogen and oxygen atoms in total. The molecule has 0 aliphatic carbocycles. The van der Waals surface area contributed by atoms with Gasteiger partial charge in [0.15, 0.2) is 0 Å². The SMILES string of the molecule is [C-]#[N+]c1cc(NC(=O)c2c(C)c(C(=O)C(=O)NC(C)(C)C)n(C)c2Cl)ccc1F. The Labute approximate surface area is 172 Å². The molecule has 0 radical (unpaired) electrons. The third-order valence-electron chi connectivity index (χ3n) is 4.03. The van der Waals surface area contributed by atoms with Gasteiger partial charge in [0.1, 0.15) is 11.0 Å². The van der Waals surface area contributed by atoms with Crippen molar-refractivity contribution in [3.8, 4) is 0 Å². The van der Waals surface area contributed by atoms with Gasteiger partial charge in [0.05, 0.1) is 17.8 Å². The van der Waals surface area contributed by atoms with Gasteiger partial charge < -0.3 is 15.2 Å². The van der Waals surface area contributed by atoms with Crippen molar-refractivity contribution in [2.45, 2.75) is 33.2 Å². The number of nitrogens with one attached hydrogen (secondary N) is 2. The Hall–Kier alpha value is -3.18. The molecule has 1 heterocycles. The second kappa shape index (κ2) is 8.05. The number of carbonyl (C=O) groups is 3. The predicted octanol–water partition coefficient (Wildman–Crippen LogP) is 4.03. The monoisotopic (exact) mass is 418 g/mol. The number of rotatable bonds is 4. The lowest BCUT2D eigenvalue weighted by Gasteiger charge is -2.20.